The molecule has 0 spiro atoms. The summed E-state index contributed by atoms with van der Waals surface area (Å²) in [7, 11) is 0. The van der Waals surface area contributed by atoms with Gasteiger partial charge in [-0.1, -0.05) is 155 Å². The normalized spacial score (nSPS) is 14.3. The van der Waals surface area contributed by atoms with Gasteiger partial charge in [0.05, 0.1) is 0 Å². The minimum absolute atomic E-state index is 0.0508. The number of anilines is 3. The van der Waals surface area contributed by atoms with Crippen LogP contribution in [0.5, 0.6) is 0 Å². The van der Waals surface area contributed by atoms with E-state index >= 15 is 0 Å². The van der Waals surface area contributed by atoms with Crippen molar-refractivity contribution in [3.8, 4) is 44.5 Å². The van der Waals surface area contributed by atoms with Crippen LogP contribution in [-0.2, 0) is 10.8 Å². The molecule has 0 aromatic heterocycles. The lowest BCUT2D eigenvalue weighted by Gasteiger charge is -2.36. The Balaban J connectivity index is 1.10. The Morgan fingerprint density at radius 1 is 0.340 bits per heavy atom. The third-order valence-corrected chi connectivity index (χ3v) is 12.1. The summed E-state index contributed by atoms with van der Waals surface area (Å²) in [6, 6.07) is 65.1. The molecule has 10 rings (SSSR count). The molecule has 0 N–H and O–H groups in total. The summed E-state index contributed by atoms with van der Waals surface area (Å²) in [5.41, 5.74) is 19.2. The summed E-state index contributed by atoms with van der Waals surface area (Å²) >= 11 is 0. The molecule has 0 bridgehead atoms. The highest BCUT2D eigenvalue weighted by molar-refractivity contribution is 6.09. The van der Waals surface area contributed by atoms with Crippen molar-refractivity contribution in [3.05, 3.63) is 198 Å². The molecule has 0 fully saturated rings. The number of hydrogen-bond acceptors (Lipinski definition) is 1. The summed E-state index contributed by atoms with van der Waals surface area (Å²) in [6.07, 6.45) is 0. The van der Waals surface area contributed by atoms with Crippen LogP contribution in [0.25, 0.3) is 55.3 Å². The summed E-state index contributed by atoms with van der Waals surface area (Å²) in [5, 5.41) is 2.68. The Morgan fingerprint density at radius 2 is 0.849 bits per heavy atom. The van der Waals surface area contributed by atoms with E-state index in [1.54, 1.807) is 0 Å². The SMILES string of the molecule is CC1(C)c2ccccc2-c2ccc(-c3ccc4cccc5c4c3-c3ccc(-c4ccc(N(c6ccccc6)c6ccccc6)cc4)cc3C5(C)C)cc21. The number of nitrogens with zero attached hydrogens (tertiary/aromatic N) is 1. The molecule has 0 radical (unpaired) electrons. The van der Waals surface area contributed by atoms with Crippen LogP contribution in [0.3, 0.4) is 0 Å². The molecule has 8 aromatic carbocycles. The molecule has 0 aliphatic heterocycles. The van der Waals surface area contributed by atoms with E-state index < -0.39 is 0 Å². The van der Waals surface area contributed by atoms with Gasteiger partial charge in [0.1, 0.15) is 0 Å². The van der Waals surface area contributed by atoms with E-state index in [1.165, 1.54) is 77.5 Å². The van der Waals surface area contributed by atoms with Crippen LogP contribution in [0.4, 0.5) is 17.1 Å². The smallest absolute Gasteiger partial charge is 0.0462 e. The molecule has 0 saturated carbocycles. The van der Waals surface area contributed by atoms with Gasteiger partial charge in [-0.3, -0.25) is 0 Å². The highest BCUT2D eigenvalue weighted by Crippen LogP contribution is 2.54. The van der Waals surface area contributed by atoms with Gasteiger partial charge in [-0.15, -0.1) is 0 Å². The van der Waals surface area contributed by atoms with Gasteiger partial charge in [0.2, 0.25) is 0 Å². The minimum atomic E-state index is -0.171. The first-order valence-corrected chi connectivity index (χ1v) is 18.8. The lowest BCUT2D eigenvalue weighted by molar-refractivity contribution is 0.645. The van der Waals surface area contributed by atoms with Gasteiger partial charge in [0, 0.05) is 27.9 Å². The van der Waals surface area contributed by atoms with Gasteiger partial charge in [-0.05, 0) is 126 Å². The molecule has 0 amide bonds. The van der Waals surface area contributed by atoms with Crippen molar-refractivity contribution < 1.29 is 0 Å². The van der Waals surface area contributed by atoms with Crippen molar-refractivity contribution in [2.75, 3.05) is 4.90 Å². The molecule has 0 heterocycles. The van der Waals surface area contributed by atoms with Crippen molar-refractivity contribution >= 4 is 27.8 Å². The third-order valence-electron chi connectivity index (χ3n) is 12.1. The largest absolute Gasteiger partial charge is 0.311 e. The maximum absolute atomic E-state index is 2.47. The van der Waals surface area contributed by atoms with Crippen LogP contribution in [0, 0.1) is 0 Å². The van der Waals surface area contributed by atoms with Gasteiger partial charge in [0.25, 0.3) is 0 Å². The van der Waals surface area contributed by atoms with Crippen LogP contribution in [-0.4, -0.2) is 0 Å². The van der Waals surface area contributed by atoms with Crippen LogP contribution in [0.1, 0.15) is 49.9 Å². The zero-order valence-electron chi connectivity index (χ0n) is 30.7. The zero-order chi connectivity index (χ0) is 35.9. The molecular formula is C52H41N. The number of fused-ring (bicyclic) bond motifs is 5. The summed E-state index contributed by atoms with van der Waals surface area (Å²) < 4.78 is 0. The van der Waals surface area contributed by atoms with Gasteiger partial charge in [-0.25, -0.2) is 0 Å². The highest BCUT2D eigenvalue weighted by Gasteiger charge is 2.37. The first kappa shape index (κ1) is 31.5. The van der Waals surface area contributed by atoms with Gasteiger partial charge >= 0.3 is 0 Å². The van der Waals surface area contributed by atoms with E-state index in [0.29, 0.717) is 0 Å². The average Bonchev–Trinajstić information content (AvgIpc) is 3.43. The molecule has 0 unspecified atom stereocenters. The second-order valence-electron chi connectivity index (χ2n) is 15.8. The van der Waals surface area contributed by atoms with E-state index in [2.05, 4.69) is 209 Å². The predicted octanol–water partition coefficient (Wildman–Crippen LogP) is 14.3. The lowest BCUT2D eigenvalue weighted by Crippen LogP contribution is -2.24. The quantitative estimate of drug-likeness (QED) is 0.175. The topological polar surface area (TPSA) is 3.24 Å². The minimum Gasteiger partial charge on any atom is -0.311 e. The molecule has 2 aliphatic carbocycles. The Kier molecular flexibility index (Phi) is 6.94. The summed E-state index contributed by atoms with van der Waals surface area (Å²) in [6.45, 7) is 9.54. The van der Waals surface area contributed by atoms with E-state index in [0.717, 1.165) is 17.1 Å². The molecule has 254 valence electrons. The third kappa shape index (κ3) is 4.77. The average molecular weight is 680 g/mol. The molecule has 0 saturated heterocycles. The van der Waals surface area contributed by atoms with E-state index in [1.807, 2.05) is 0 Å². The first-order valence-electron chi connectivity index (χ1n) is 18.8. The maximum Gasteiger partial charge on any atom is 0.0462 e. The van der Waals surface area contributed by atoms with Gasteiger partial charge in [0.15, 0.2) is 0 Å². The van der Waals surface area contributed by atoms with Crippen molar-refractivity contribution in [2.45, 2.75) is 38.5 Å². The Labute approximate surface area is 312 Å². The number of benzene rings is 8. The van der Waals surface area contributed by atoms with Crippen LogP contribution in [0.15, 0.2) is 176 Å². The van der Waals surface area contributed by atoms with Crippen LogP contribution < -0.4 is 4.90 Å². The van der Waals surface area contributed by atoms with Gasteiger partial charge in [-0.2, -0.15) is 0 Å². The van der Waals surface area contributed by atoms with Crippen LogP contribution >= 0.6 is 0 Å². The second kappa shape index (κ2) is 11.7. The van der Waals surface area contributed by atoms with Crippen molar-refractivity contribution in [2.24, 2.45) is 0 Å². The Bertz CT molecular complexity index is 2660. The van der Waals surface area contributed by atoms with E-state index in [-0.39, 0.29) is 10.8 Å². The van der Waals surface area contributed by atoms with E-state index in [9.17, 15) is 0 Å². The van der Waals surface area contributed by atoms with Crippen LogP contribution in [0.2, 0.25) is 0 Å². The second-order valence-corrected chi connectivity index (χ2v) is 15.8. The molecular weight excluding hydrogens is 639 g/mol. The molecule has 0 atom stereocenters. The Hall–Kier alpha value is -6.18. The van der Waals surface area contributed by atoms with Crippen molar-refractivity contribution in [1.82, 2.24) is 0 Å². The first-order chi connectivity index (χ1) is 25.8. The lowest BCUT2D eigenvalue weighted by atomic mass is 9.67. The fourth-order valence-corrected chi connectivity index (χ4v) is 9.30. The maximum atomic E-state index is 2.47. The number of para-hydroxylation sites is 2. The summed E-state index contributed by atoms with van der Waals surface area (Å²) in [4.78, 5) is 2.32. The zero-order valence-corrected chi connectivity index (χ0v) is 30.7. The molecule has 53 heavy (non-hydrogen) atoms. The molecule has 2 aliphatic rings. The molecule has 1 nitrogen and oxygen atoms in total. The van der Waals surface area contributed by atoms with Gasteiger partial charge < -0.3 is 4.90 Å². The molecule has 8 aromatic rings. The Morgan fingerprint density at radius 3 is 1.58 bits per heavy atom. The fraction of sp³-hybridized carbons (Fsp3) is 0.115. The highest BCUT2D eigenvalue weighted by atomic mass is 15.1. The van der Waals surface area contributed by atoms with E-state index in [4.69, 9.17) is 0 Å². The van der Waals surface area contributed by atoms with Crippen molar-refractivity contribution in [3.63, 3.8) is 0 Å². The fourth-order valence-electron chi connectivity index (χ4n) is 9.30. The molecule has 1 heteroatoms. The predicted molar refractivity (Wildman–Crippen MR) is 225 cm³/mol. The summed E-state index contributed by atoms with van der Waals surface area (Å²) in [5.74, 6) is 0. The van der Waals surface area contributed by atoms with Crippen molar-refractivity contribution in [1.29, 1.82) is 0 Å². The number of rotatable bonds is 5. The monoisotopic (exact) mass is 679 g/mol. The number of hydrogen-bond donors (Lipinski definition) is 0. The standard InChI is InChI=1S/C52H41N/c1-51(2)45-20-12-11-19-42(45)43-30-26-37(33-47(43)51)41-29-24-35-14-13-21-46-49(35)50(41)44-31-25-36(32-48(44)52(46,3)4)34-22-27-40(28-23-34)53(38-15-7-5-8-16-38)39-17-9-6-10-18-39/h5-33H,1-4H3.